The van der Waals surface area contributed by atoms with Crippen molar-refractivity contribution in [3.8, 4) is 6.07 Å². The van der Waals surface area contributed by atoms with Crippen molar-refractivity contribution in [1.29, 1.82) is 5.26 Å². The zero-order chi connectivity index (χ0) is 11.9. The second-order valence-corrected chi connectivity index (χ2v) is 4.55. The molecule has 0 aliphatic carbocycles. The molecule has 88 valence electrons. The van der Waals surface area contributed by atoms with Gasteiger partial charge in [0.15, 0.2) is 0 Å². The van der Waals surface area contributed by atoms with Crippen molar-refractivity contribution in [3.63, 3.8) is 0 Å². The van der Waals surface area contributed by atoms with E-state index in [1.807, 2.05) is 0 Å². The summed E-state index contributed by atoms with van der Waals surface area (Å²) in [5, 5.41) is 8.84. The van der Waals surface area contributed by atoms with Gasteiger partial charge in [-0.1, -0.05) is 6.92 Å². The summed E-state index contributed by atoms with van der Waals surface area (Å²) >= 11 is 0. The lowest BCUT2D eigenvalue weighted by Crippen LogP contribution is -2.47. The van der Waals surface area contributed by atoms with Crippen LogP contribution in [0.4, 0.5) is 0 Å². The highest BCUT2D eigenvalue weighted by molar-refractivity contribution is 5.02. The highest BCUT2D eigenvalue weighted by Crippen LogP contribution is 2.02. The molecule has 1 unspecified atom stereocenters. The van der Waals surface area contributed by atoms with Gasteiger partial charge in [-0.15, -0.1) is 0 Å². The van der Waals surface area contributed by atoms with Crippen LogP contribution in [-0.2, 0) is 0 Å². The van der Waals surface area contributed by atoms with Gasteiger partial charge in [0.25, 0.3) is 0 Å². The molecule has 0 bridgehead atoms. The minimum atomic E-state index is -0.728. The highest BCUT2D eigenvalue weighted by atomic mass is 15.1. The molecule has 0 aliphatic heterocycles. The van der Waals surface area contributed by atoms with Gasteiger partial charge in [0.1, 0.15) is 5.54 Å². The topological polar surface area (TPSA) is 56.3 Å². The monoisotopic (exact) mass is 212 g/mol. The number of hydrogen-bond donors (Lipinski definition) is 1. The van der Waals surface area contributed by atoms with Crippen LogP contribution in [0.3, 0.4) is 0 Å². The summed E-state index contributed by atoms with van der Waals surface area (Å²) in [6.07, 6.45) is 1.11. The standard InChI is InChI=1S/C11H24N4/c1-5-15(8-6-7-14(3)4)10-11(2,13)9-12/h5-8,10,13H2,1-4H3. The Morgan fingerprint density at radius 1 is 1.33 bits per heavy atom. The number of nitriles is 1. The van der Waals surface area contributed by atoms with E-state index in [0.717, 1.165) is 26.1 Å². The first-order chi connectivity index (χ1) is 6.91. The summed E-state index contributed by atoms with van der Waals surface area (Å²) in [7, 11) is 4.14. The molecular weight excluding hydrogens is 188 g/mol. The number of nitrogens with two attached hydrogens (primary N) is 1. The van der Waals surface area contributed by atoms with Crippen molar-refractivity contribution in [3.05, 3.63) is 0 Å². The third-order valence-electron chi connectivity index (χ3n) is 2.33. The van der Waals surface area contributed by atoms with Crippen LogP contribution in [0.5, 0.6) is 0 Å². The number of likely N-dealkylation sites (N-methyl/N-ethyl adjacent to an activating group) is 1. The smallest absolute Gasteiger partial charge is 0.114 e. The summed E-state index contributed by atoms with van der Waals surface area (Å²) < 4.78 is 0. The molecule has 15 heavy (non-hydrogen) atoms. The van der Waals surface area contributed by atoms with Gasteiger partial charge >= 0.3 is 0 Å². The SMILES string of the molecule is CCN(CCCN(C)C)CC(C)(N)C#N. The van der Waals surface area contributed by atoms with Crippen LogP contribution in [0.1, 0.15) is 20.3 Å². The second-order valence-electron chi connectivity index (χ2n) is 4.55. The Kier molecular flexibility index (Phi) is 6.50. The lowest BCUT2D eigenvalue weighted by molar-refractivity contribution is 0.237. The molecule has 0 aromatic carbocycles. The average molecular weight is 212 g/mol. The fourth-order valence-electron chi connectivity index (χ4n) is 1.46. The molecule has 4 heteroatoms. The van der Waals surface area contributed by atoms with E-state index in [1.54, 1.807) is 6.92 Å². The zero-order valence-corrected chi connectivity index (χ0v) is 10.5. The normalized spacial score (nSPS) is 15.3. The fraction of sp³-hybridized carbons (Fsp3) is 0.909. The van der Waals surface area contributed by atoms with Crippen molar-refractivity contribution < 1.29 is 0 Å². The third-order valence-corrected chi connectivity index (χ3v) is 2.33. The predicted molar refractivity (Wildman–Crippen MR) is 63.5 cm³/mol. The van der Waals surface area contributed by atoms with Crippen molar-refractivity contribution in [2.45, 2.75) is 25.8 Å². The minimum absolute atomic E-state index is 0.646. The van der Waals surface area contributed by atoms with Crippen LogP contribution < -0.4 is 5.73 Å². The van der Waals surface area contributed by atoms with Crippen LogP contribution in [0.2, 0.25) is 0 Å². The van der Waals surface area contributed by atoms with Crippen LogP contribution in [0.15, 0.2) is 0 Å². The van der Waals surface area contributed by atoms with E-state index in [4.69, 9.17) is 11.0 Å². The molecule has 0 radical (unpaired) electrons. The summed E-state index contributed by atoms with van der Waals surface area (Å²) in [5.41, 5.74) is 5.08. The zero-order valence-electron chi connectivity index (χ0n) is 10.5. The third kappa shape index (κ3) is 7.32. The Balaban J connectivity index is 3.89. The second kappa shape index (κ2) is 6.78. The van der Waals surface area contributed by atoms with E-state index in [2.05, 4.69) is 36.9 Å². The average Bonchev–Trinajstić information content (AvgIpc) is 2.15. The fourth-order valence-corrected chi connectivity index (χ4v) is 1.46. The summed E-state index contributed by atoms with van der Waals surface area (Å²) in [6.45, 7) is 7.55. The van der Waals surface area contributed by atoms with Gasteiger partial charge in [-0.05, 0) is 47.1 Å². The van der Waals surface area contributed by atoms with Crippen LogP contribution >= 0.6 is 0 Å². The Morgan fingerprint density at radius 3 is 2.33 bits per heavy atom. The van der Waals surface area contributed by atoms with E-state index < -0.39 is 5.54 Å². The first-order valence-corrected chi connectivity index (χ1v) is 5.48. The molecule has 0 amide bonds. The molecule has 0 saturated carbocycles. The maximum Gasteiger partial charge on any atom is 0.114 e. The summed E-state index contributed by atoms with van der Waals surface area (Å²) in [4.78, 5) is 4.40. The molecule has 0 aliphatic rings. The molecular formula is C11H24N4. The van der Waals surface area contributed by atoms with Gasteiger partial charge in [0, 0.05) is 6.54 Å². The summed E-state index contributed by atoms with van der Waals surface area (Å²) in [5.74, 6) is 0. The van der Waals surface area contributed by atoms with Gasteiger partial charge < -0.3 is 15.5 Å². The van der Waals surface area contributed by atoms with E-state index in [1.165, 1.54) is 0 Å². The van der Waals surface area contributed by atoms with Gasteiger partial charge in [-0.3, -0.25) is 0 Å². The van der Waals surface area contributed by atoms with Crippen molar-refractivity contribution >= 4 is 0 Å². The molecule has 1 atom stereocenters. The predicted octanol–water partition coefficient (Wildman–Crippen LogP) is 0.501. The van der Waals surface area contributed by atoms with Gasteiger partial charge in [0.05, 0.1) is 6.07 Å². The van der Waals surface area contributed by atoms with Crippen molar-refractivity contribution in [1.82, 2.24) is 9.80 Å². The van der Waals surface area contributed by atoms with E-state index in [9.17, 15) is 0 Å². The molecule has 0 heterocycles. The van der Waals surface area contributed by atoms with E-state index >= 15 is 0 Å². The first-order valence-electron chi connectivity index (χ1n) is 5.48. The number of rotatable bonds is 7. The van der Waals surface area contributed by atoms with Gasteiger partial charge in [-0.2, -0.15) is 5.26 Å². The van der Waals surface area contributed by atoms with E-state index in [0.29, 0.717) is 6.54 Å². The Bertz CT molecular complexity index is 205. The van der Waals surface area contributed by atoms with Crippen molar-refractivity contribution in [2.24, 2.45) is 5.73 Å². The molecule has 4 nitrogen and oxygen atoms in total. The first kappa shape index (κ1) is 14.4. The molecule has 2 N–H and O–H groups in total. The molecule has 0 rings (SSSR count). The lowest BCUT2D eigenvalue weighted by Gasteiger charge is -2.27. The quantitative estimate of drug-likeness (QED) is 0.668. The minimum Gasteiger partial charge on any atom is -0.313 e. The maximum absolute atomic E-state index is 8.84. The van der Waals surface area contributed by atoms with Gasteiger partial charge in [-0.25, -0.2) is 0 Å². The van der Waals surface area contributed by atoms with Crippen molar-refractivity contribution in [2.75, 3.05) is 40.3 Å². The molecule has 0 saturated heterocycles. The molecule has 0 fully saturated rings. The molecule has 0 spiro atoms. The maximum atomic E-state index is 8.84. The van der Waals surface area contributed by atoms with E-state index in [-0.39, 0.29) is 0 Å². The Labute approximate surface area is 93.6 Å². The highest BCUT2D eigenvalue weighted by Gasteiger charge is 2.20. The number of nitrogens with zero attached hydrogens (tertiary/aromatic N) is 3. The van der Waals surface area contributed by atoms with Gasteiger partial charge in [0.2, 0.25) is 0 Å². The lowest BCUT2D eigenvalue weighted by atomic mass is 10.1. The Morgan fingerprint density at radius 2 is 1.93 bits per heavy atom. The number of hydrogen-bond acceptors (Lipinski definition) is 4. The Hall–Kier alpha value is -0.630. The molecule has 0 aromatic rings. The van der Waals surface area contributed by atoms with Crippen LogP contribution in [0.25, 0.3) is 0 Å². The van der Waals surface area contributed by atoms with Crippen LogP contribution in [-0.4, -0.2) is 55.6 Å². The largest absolute Gasteiger partial charge is 0.313 e. The molecule has 0 aromatic heterocycles. The summed E-state index contributed by atoms with van der Waals surface area (Å²) in [6, 6.07) is 2.13. The van der Waals surface area contributed by atoms with Crippen LogP contribution in [0, 0.1) is 11.3 Å².